The summed E-state index contributed by atoms with van der Waals surface area (Å²) in [5.41, 5.74) is 1.03. The fourth-order valence-corrected chi connectivity index (χ4v) is 2.17. The van der Waals surface area contributed by atoms with Crippen LogP contribution in [0, 0.1) is 0 Å². The van der Waals surface area contributed by atoms with Crippen LogP contribution in [0.4, 0.5) is 0 Å². The van der Waals surface area contributed by atoms with Crippen molar-refractivity contribution in [1.29, 1.82) is 0 Å². The molecule has 17 heavy (non-hydrogen) atoms. The third-order valence-corrected chi connectivity index (χ3v) is 3.25. The zero-order valence-corrected chi connectivity index (χ0v) is 10.1. The summed E-state index contributed by atoms with van der Waals surface area (Å²) in [6.45, 7) is 0. The van der Waals surface area contributed by atoms with Crippen molar-refractivity contribution in [2.24, 2.45) is 12.2 Å². The second-order valence-corrected chi connectivity index (χ2v) is 5.12. The van der Waals surface area contributed by atoms with Crippen molar-refractivity contribution < 1.29 is 8.42 Å². The molecule has 1 heterocycles. The van der Waals surface area contributed by atoms with E-state index in [0.29, 0.717) is 12.2 Å². The van der Waals surface area contributed by atoms with Crippen molar-refractivity contribution in [1.82, 2.24) is 14.8 Å². The zero-order chi connectivity index (χ0) is 12.5. The molecule has 2 N–H and O–H groups in total. The highest BCUT2D eigenvalue weighted by molar-refractivity contribution is 7.89. The maximum Gasteiger partial charge on any atom is 0.273 e. The normalized spacial score (nSPS) is 11.6. The first kappa shape index (κ1) is 11.7. The van der Waals surface area contributed by atoms with Gasteiger partial charge in [-0.3, -0.25) is 0 Å². The van der Waals surface area contributed by atoms with Crippen LogP contribution in [-0.4, -0.2) is 23.2 Å². The predicted octanol–water partition coefficient (Wildman–Crippen LogP) is 0.0533. The Morgan fingerprint density at radius 2 is 1.88 bits per heavy atom. The number of hydrogen-bond donors (Lipinski definition) is 1. The molecule has 1 aromatic carbocycles. The minimum atomic E-state index is -3.82. The molecule has 1 aromatic heterocycles. The maximum absolute atomic E-state index is 11.2. The van der Waals surface area contributed by atoms with Crippen LogP contribution in [0.1, 0.15) is 11.4 Å². The van der Waals surface area contributed by atoms with Crippen LogP contribution in [0.25, 0.3) is 0 Å². The van der Waals surface area contributed by atoms with Gasteiger partial charge in [0, 0.05) is 13.5 Å². The van der Waals surface area contributed by atoms with Gasteiger partial charge in [0.2, 0.25) is 0 Å². The highest BCUT2D eigenvalue weighted by Crippen LogP contribution is 2.09. The van der Waals surface area contributed by atoms with E-state index in [1.54, 1.807) is 7.05 Å². The second kappa shape index (κ2) is 4.27. The fourth-order valence-electron chi connectivity index (χ4n) is 1.53. The number of aromatic nitrogens is 3. The summed E-state index contributed by atoms with van der Waals surface area (Å²) in [4.78, 5) is 0. The molecular weight excluding hydrogens is 240 g/mol. The Labute approximate surface area is 99.1 Å². The van der Waals surface area contributed by atoms with Crippen LogP contribution >= 0.6 is 0 Å². The van der Waals surface area contributed by atoms with Gasteiger partial charge in [0.05, 0.1) is 0 Å². The molecule has 0 amide bonds. The van der Waals surface area contributed by atoms with Crippen LogP contribution in [0.5, 0.6) is 0 Å². The molecule has 2 rings (SSSR count). The standard InChI is InChI=1S/C10H12N4O2S/c1-14-9(7-8-5-3-2-4-6-8)12-13-10(14)17(11,15)16/h2-6H,7H2,1H3,(H2,11,15,16). The SMILES string of the molecule is Cn1c(Cc2ccccc2)nnc1S(N)(=O)=O. The van der Waals surface area contributed by atoms with Crippen molar-refractivity contribution in [3.05, 3.63) is 41.7 Å². The van der Waals surface area contributed by atoms with Crippen molar-refractivity contribution >= 4 is 10.0 Å². The van der Waals surface area contributed by atoms with Crippen LogP contribution in [0.2, 0.25) is 0 Å². The molecule has 6 nitrogen and oxygen atoms in total. The van der Waals surface area contributed by atoms with E-state index >= 15 is 0 Å². The molecular formula is C10H12N4O2S. The molecule has 0 aliphatic carbocycles. The molecule has 2 aromatic rings. The molecule has 0 saturated carbocycles. The van der Waals surface area contributed by atoms with Crippen molar-refractivity contribution in [3.63, 3.8) is 0 Å². The number of sulfonamides is 1. The first-order valence-electron chi connectivity index (χ1n) is 4.93. The third-order valence-electron chi connectivity index (χ3n) is 2.38. The molecule has 7 heteroatoms. The number of rotatable bonds is 3. The van der Waals surface area contributed by atoms with Gasteiger partial charge in [-0.05, 0) is 5.56 Å². The van der Waals surface area contributed by atoms with E-state index in [-0.39, 0.29) is 5.16 Å². The summed E-state index contributed by atoms with van der Waals surface area (Å²) in [7, 11) is -2.23. The van der Waals surface area contributed by atoms with Crippen LogP contribution < -0.4 is 5.14 Å². The molecule has 0 atom stereocenters. The number of hydrogen-bond acceptors (Lipinski definition) is 4. The molecule has 0 saturated heterocycles. The van der Waals surface area contributed by atoms with Gasteiger partial charge < -0.3 is 4.57 Å². The largest absolute Gasteiger partial charge is 0.304 e. The minimum Gasteiger partial charge on any atom is -0.304 e. The van der Waals surface area contributed by atoms with Crippen molar-refractivity contribution in [2.45, 2.75) is 11.6 Å². The second-order valence-electron chi connectivity index (χ2n) is 3.67. The van der Waals surface area contributed by atoms with Gasteiger partial charge >= 0.3 is 0 Å². The summed E-state index contributed by atoms with van der Waals surface area (Å²) < 4.78 is 23.7. The molecule has 0 unspecified atom stereocenters. The topological polar surface area (TPSA) is 90.9 Å². The van der Waals surface area contributed by atoms with E-state index in [0.717, 1.165) is 5.56 Å². The minimum absolute atomic E-state index is 0.219. The molecule has 0 aliphatic rings. The lowest BCUT2D eigenvalue weighted by Crippen LogP contribution is -2.17. The van der Waals surface area contributed by atoms with E-state index in [9.17, 15) is 8.42 Å². The van der Waals surface area contributed by atoms with Crippen LogP contribution in [0.15, 0.2) is 35.5 Å². The fraction of sp³-hybridized carbons (Fsp3) is 0.200. The molecule has 0 radical (unpaired) electrons. The van der Waals surface area contributed by atoms with Gasteiger partial charge in [0.1, 0.15) is 5.82 Å². The Bertz CT molecular complexity index is 619. The molecule has 90 valence electrons. The quantitative estimate of drug-likeness (QED) is 0.835. The lowest BCUT2D eigenvalue weighted by atomic mass is 10.1. The monoisotopic (exact) mass is 252 g/mol. The molecule has 0 spiro atoms. The Hall–Kier alpha value is -1.73. The van der Waals surface area contributed by atoms with Crippen LogP contribution in [0.3, 0.4) is 0 Å². The lowest BCUT2D eigenvalue weighted by molar-refractivity contribution is 0.578. The van der Waals surface area contributed by atoms with Gasteiger partial charge in [-0.2, -0.15) is 0 Å². The third kappa shape index (κ3) is 2.51. The number of benzene rings is 1. The Morgan fingerprint density at radius 3 is 2.41 bits per heavy atom. The zero-order valence-electron chi connectivity index (χ0n) is 9.24. The lowest BCUT2D eigenvalue weighted by Gasteiger charge is -2.02. The van der Waals surface area contributed by atoms with Crippen molar-refractivity contribution in [3.8, 4) is 0 Å². The van der Waals surface area contributed by atoms with E-state index in [4.69, 9.17) is 5.14 Å². The Kier molecular flexibility index (Phi) is 2.95. The number of nitrogens with two attached hydrogens (primary N) is 1. The summed E-state index contributed by atoms with van der Waals surface area (Å²) in [6.07, 6.45) is 0.514. The van der Waals surface area contributed by atoms with E-state index in [1.165, 1.54) is 4.57 Å². The molecule has 0 aliphatic heterocycles. The highest BCUT2D eigenvalue weighted by Gasteiger charge is 2.18. The van der Waals surface area contributed by atoms with E-state index in [1.807, 2.05) is 30.3 Å². The smallest absolute Gasteiger partial charge is 0.273 e. The van der Waals surface area contributed by atoms with Gasteiger partial charge in [0.15, 0.2) is 0 Å². The van der Waals surface area contributed by atoms with Gasteiger partial charge in [-0.1, -0.05) is 30.3 Å². The predicted molar refractivity (Wildman–Crippen MR) is 61.6 cm³/mol. The summed E-state index contributed by atoms with van der Waals surface area (Å²) in [5, 5.41) is 12.2. The van der Waals surface area contributed by atoms with Crippen LogP contribution in [-0.2, 0) is 23.5 Å². The number of primary sulfonamides is 1. The van der Waals surface area contributed by atoms with E-state index in [2.05, 4.69) is 10.2 Å². The summed E-state index contributed by atoms with van der Waals surface area (Å²) in [5.74, 6) is 0.556. The molecule has 0 bridgehead atoms. The molecule has 0 fully saturated rings. The Morgan fingerprint density at radius 1 is 1.24 bits per heavy atom. The van der Waals surface area contributed by atoms with Crippen molar-refractivity contribution in [2.75, 3.05) is 0 Å². The average Bonchev–Trinajstić information content (AvgIpc) is 2.61. The van der Waals surface area contributed by atoms with Gasteiger partial charge in [-0.15, -0.1) is 10.2 Å². The highest BCUT2D eigenvalue weighted by atomic mass is 32.2. The Balaban J connectivity index is 2.34. The van der Waals surface area contributed by atoms with Gasteiger partial charge in [-0.25, -0.2) is 13.6 Å². The maximum atomic E-state index is 11.2. The average molecular weight is 252 g/mol. The summed E-state index contributed by atoms with van der Waals surface area (Å²) in [6, 6.07) is 9.60. The summed E-state index contributed by atoms with van der Waals surface area (Å²) >= 11 is 0. The number of nitrogens with zero attached hydrogens (tertiary/aromatic N) is 3. The first-order chi connectivity index (χ1) is 7.98. The first-order valence-corrected chi connectivity index (χ1v) is 6.48. The van der Waals surface area contributed by atoms with E-state index < -0.39 is 10.0 Å². The van der Waals surface area contributed by atoms with Gasteiger partial charge in [0.25, 0.3) is 15.2 Å².